The molecule has 0 radical (unpaired) electrons. The molecule has 1 aliphatic heterocycles. The maximum absolute atomic E-state index is 12.2. The Kier molecular flexibility index (Phi) is 5.86. The van der Waals surface area contributed by atoms with E-state index in [0.717, 1.165) is 32.4 Å². The first kappa shape index (κ1) is 19.8. The number of ether oxygens (including phenoxy) is 1. The van der Waals surface area contributed by atoms with Crippen LogP contribution in [0.1, 0.15) is 71.1 Å². The van der Waals surface area contributed by atoms with Gasteiger partial charge in [0, 0.05) is 13.1 Å². The first-order valence-corrected chi connectivity index (χ1v) is 9.53. The van der Waals surface area contributed by atoms with Gasteiger partial charge < -0.3 is 9.64 Å². The number of rotatable bonds is 2. The molecule has 1 fully saturated rings. The number of likely N-dealkylation sites (tertiary alicyclic amines) is 1. The highest BCUT2D eigenvalue weighted by molar-refractivity contribution is 5.68. The Bertz CT molecular complexity index is 599. The average molecular weight is 346 g/mol. The molecule has 3 nitrogen and oxygen atoms in total. The van der Waals surface area contributed by atoms with Gasteiger partial charge in [-0.2, -0.15) is 0 Å². The van der Waals surface area contributed by atoms with Crippen LogP contribution in [0.15, 0.2) is 18.2 Å². The highest BCUT2D eigenvalue weighted by Crippen LogP contribution is 2.28. The third kappa shape index (κ3) is 5.76. The summed E-state index contributed by atoms with van der Waals surface area (Å²) < 4.78 is 5.49. The van der Waals surface area contributed by atoms with Crippen LogP contribution in [0.25, 0.3) is 0 Å². The Labute approximate surface area is 153 Å². The summed E-state index contributed by atoms with van der Waals surface area (Å²) >= 11 is 0. The van der Waals surface area contributed by atoms with Crippen LogP contribution in [-0.2, 0) is 16.6 Å². The van der Waals surface area contributed by atoms with Crippen LogP contribution in [0.5, 0.6) is 0 Å². The molecule has 0 saturated carbocycles. The smallest absolute Gasteiger partial charge is 0.410 e. The van der Waals surface area contributed by atoms with Crippen molar-refractivity contribution in [1.82, 2.24) is 4.90 Å². The van der Waals surface area contributed by atoms with Gasteiger partial charge in [-0.25, -0.2) is 4.79 Å². The van der Waals surface area contributed by atoms with Gasteiger partial charge in [-0.15, -0.1) is 0 Å². The molecule has 25 heavy (non-hydrogen) atoms. The van der Waals surface area contributed by atoms with E-state index in [4.69, 9.17) is 4.74 Å². The monoisotopic (exact) mass is 345 g/mol. The molecule has 1 aromatic rings. The van der Waals surface area contributed by atoms with Gasteiger partial charge in [0.05, 0.1) is 0 Å². The van der Waals surface area contributed by atoms with Crippen molar-refractivity contribution in [3.8, 4) is 0 Å². The second-order valence-corrected chi connectivity index (χ2v) is 9.51. The van der Waals surface area contributed by atoms with Gasteiger partial charge in [0.2, 0.25) is 0 Å². The van der Waals surface area contributed by atoms with Crippen LogP contribution in [0, 0.1) is 12.8 Å². The molecule has 1 amide bonds. The van der Waals surface area contributed by atoms with E-state index in [1.165, 1.54) is 16.7 Å². The number of hydrogen-bond acceptors (Lipinski definition) is 2. The summed E-state index contributed by atoms with van der Waals surface area (Å²) in [4.78, 5) is 14.1. The van der Waals surface area contributed by atoms with Gasteiger partial charge in [0.1, 0.15) is 5.60 Å². The molecule has 2 rings (SSSR count). The molecule has 0 aliphatic carbocycles. The SMILES string of the molecule is Cc1ccc(C(C)(C)C)cc1CC1CCN(C(=O)OC(C)(C)C)CC1. The molecular weight excluding hydrogens is 310 g/mol. The van der Waals surface area contributed by atoms with Gasteiger partial charge >= 0.3 is 6.09 Å². The van der Waals surface area contributed by atoms with Crippen molar-refractivity contribution >= 4 is 6.09 Å². The second-order valence-electron chi connectivity index (χ2n) is 9.51. The molecule has 140 valence electrons. The average Bonchev–Trinajstić information content (AvgIpc) is 2.47. The lowest BCUT2D eigenvalue weighted by atomic mass is 9.82. The molecule has 0 atom stereocenters. The highest BCUT2D eigenvalue weighted by atomic mass is 16.6. The van der Waals surface area contributed by atoms with Crippen molar-refractivity contribution in [2.75, 3.05) is 13.1 Å². The van der Waals surface area contributed by atoms with E-state index < -0.39 is 5.60 Å². The number of carbonyl (C=O) groups is 1. The number of aryl methyl sites for hydroxylation is 1. The molecule has 1 aliphatic rings. The van der Waals surface area contributed by atoms with E-state index >= 15 is 0 Å². The Morgan fingerprint density at radius 1 is 1.12 bits per heavy atom. The third-order valence-electron chi connectivity index (χ3n) is 4.99. The Hall–Kier alpha value is -1.51. The van der Waals surface area contributed by atoms with Crippen LogP contribution in [-0.4, -0.2) is 29.7 Å². The van der Waals surface area contributed by atoms with Crippen molar-refractivity contribution in [3.63, 3.8) is 0 Å². The zero-order valence-electron chi connectivity index (χ0n) is 17.1. The predicted octanol–water partition coefficient (Wildman–Crippen LogP) is 5.48. The molecule has 1 aromatic carbocycles. The second kappa shape index (κ2) is 7.39. The number of amides is 1. The van der Waals surface area contributed by atoms with Gasteiger partial charge in [0.15, 0.2) is 0 Å². The van der Waals surface area contributed by atoms with Crippen LogP contribution in [0.3, 0.4) is 0 Å². The number of hydrogen-bond donors (Lipinski definition) is 0. The van der Waals surface area contributed by atoms with E-state index in [1.54, 1.807) is 0 Å². The van der Waals surface area contributed by atoms with Crippen molar-refractivity contribution < 1.29 is 9.53 Å². The lowest BCUT2D eigenvalue weighted by Crippen LogP contribution is -2.42. The standard InChI is InChI=1S/C22H35NO2/c1-16-8-9-19(21(2,3)4)15-18(16)14-17-10-12-23(13-11-17)20(24)25-22(5,6)7/h8-9,15,17H,10-14H2,1-7H3. The van der Waals surface area contributed by atoms with Gasteiger partial charge in [0.25, 0.3) is 0 Å². The summed E-state index contributed by atoms with van der Waals surface area (Å²) in [6.07, 6.45) is 3.05. The topological polar surface area (TPSA) is 29.5 Å². The summed E-state index contributed by atoms with van der Waals surface area (Å²) in [5.41, 5.74) is 4.01. The molecule has 0 bridgehead atoms. The highest BCUT2D eigenvalue weighted by Gasteiger charge is 2.27. The molecular formula is C22H35NO2. The number of nitrogens with zero attached hydrogens (tertiary/aromatic N) is 1. The fraction of sp³-hybridized carbons (Fsp3) is 0.682. The summed E-state index contributed by atoms with van der Waals surface area (Å²) in [6, 6.07) is 6.89. The summed E-state index contributed by atoms with van der Waals surface area (Å²) in [6.45, 7) is 16.4. The van der Waals surface area contributed by atoms with Gasteiger partial charge in [-0.3, -0.25) is 0 Å². The molecule has 0 spiro atoms. The third-order valence-corrected chi connectivity index (χ3v) is 4.99. The summed E-state index contributed by atoms with van der Waals surface area (Å²) in [5.74, 6) is 0.646. The van der Waals surface area contributed by atoms with Crippen LogP contribution < -0.4 is 0 Å². The van der Waals surface area contributed by atoms with Crippen LogP contribution in [0.4, 0.5) is 4.79 Å². The van der Waals surface area contributed by atoms with E-state index in [-0.39, 0.29) is 11.5 Å². The molecule has 0 aromatic heterocycles. The number of carbonyl (C=O) groups excluding carboxylic acids is 1. The minimum Gasteiger partial charge on any atom is -0.444 e. The fourth-order valence-corrected chi connectivity index (χ4v) is 3.32. The first-order chi connectivity index (χ1) is 11.5. The summed E-state index contributed by atoms with van der Waals surface area (Å²) in [5, 5.41) is 0. The lowest BCUT2D eigenvalue weighted by Gasteiger charge is -2.33. The lowest BCUT2D eigenvalue weighted by molar-refractivity contribution is 0.0184. The van der Waals surface area contributed by atoms with Crippen molar-refractivity contribution in [1.29, 1.82) is 0 Å². The molecule has 0 unspecified atom stereocenters. The number of benzene rings is 1. The fourth-order valence-electron chi connectivity index (χ4n) is 3.32. The van der Waals surface area contributed by atoms with E-state index in [2.05, 4.69) is 45.9 Å². The zero-order chi connectivity index (χ0) is 18.8. The predicted molar refractivity (Wildman–Crippen MR) is 104 cm³/mol. The quantitative estimate of drug-likeness (QED) is 0.710. The van der Waals surface area contributed by atoms with Crippen molar-refractivity contribution in [2.45, 2.75) is 78.7 Å². The zero-order valence-corrected chi connectivity index (χ0v) is 17.1. The Morgan fingerprint density at radius 3 is 2.24 bits per heavy atom. The molecule has 0 N–H and O–H groups in total. The largest absolute Gasteiger partial charge is 0.444 e. The molecule has 1 saturated heterocycles. The van der Waals surface area contributed by atoms with Crippen molar-refractivity contribution in [2.24, 2.45) is 5.92 Å². The van der Waals surface area contributed by atoms with Gasteiger partial charge in [-0.1, -0.05) is 39.0 Å². The normalized spacial score (nSPS) is 16.8. The summed E-state index contributed by atoms with van der Waals surface area (Å²) in [7, 11) is 0. The Balaban J connectivity index is 1.95. The first-order valence-electron chi connectivity index (χ1n) is 9.53. The minimum absolute atomic E-state index is 0.170. The van der Waals surface area contributed by atoms with E-state index in [1.807, 2.05) is 25.7 Å². The van der Waals surface area contributed by atoms with Gasteiger partial charge in [-0.05, 0) is 75.0 Å². The maximum Gasteiger partial charge on any atom is 0.410 e. The van der Waals surface area contributed by atoms with Crippen molar-refractivity contribution in [3.05, 3.63) is 34.9 Å². The number of piperidine rings is 1. The molecule has 3 heteroatoms. The van der Waals surface area contributed by atoms with E-state index in [9.17, 15) is 4.79 Å². The maximum atomic E-state index is 12.2. The Morgan fingerprint density at radius 2 is 1.72 bits per heavy atom. The minimum atomic E-state index is -0.418. The van der Waals surface area contributed by atoms with Crippen LogP contribution >= 0.6 is 0 Å². The van der Waals surface area contributed by atoms with Crippen LogP contribution in [0.2, 0.25) is 0 Å². The molecule has 1 heterocycles. The van der Waals surface area contributed by atoms with E-state index in [0.29, 0.717) is 5.92 Å².